The van der Waals surface area contributed by atoms with Gasteiger partial charge in [0.05, 0.1) is 12.7 Å². The zero-order valence-electron chi connectivity index (χ0n) is 14.3. The molecule has 5 heterocycles. The summed E-state index contributed by atoms with van der Waals surface area (Å²) in [6, 6.07) is 9.96. The standard InChI is InChI=1S/C21H24N2O2/c24-18-10-16-19-13-9-17-21(6-7-22(17)11-12(13)5-8-25-16)14-3-1-2-4-15(14)23(18)20(19)21/h1-5,13,16-20,24H,6-11H2/t13-,16-,17-,18?,19-,20-,21+/m0/s1. The maximum Gasteiger partial charge on any atom is 0.129 e. The summed E-state index contributed by atoms with van der Waals surface area (Å²) in [5, 5.41) is 11.1. The fourth-order valence-corrected chi connectivity index (χ4v) is 7.69. The SMILES string of the molecule is OC1C[C@@H]2OCC=C3CN4CC[C@]56c7ccccc7N1[C@H]5[C@H]2[C@H]3C[C@H]46. The van der Waals surface area contributed by atoms with Crippen LogP contribution in [0.4, 0.5) is 5.69 Å². The molecule has 1 aliphatic carbocycles. The second-order valence-corrected chi connectivity index (χ2v) is 8.93. The van der Waals surface area contributed by atoms with Crippen LogP contribution in [0, 0.1) is 11.8 Å². The summed E-state index contributed by atoms with van der Waals surface area (Å²) >= 11 is 0. The second kappa shape index (κ2) is 4.30. The van der Waals surface area contributed by atoms with Crippen LogP contribution in [0.1, 0.15) is 24.8 Å². The van der Waals surface area contributed by atoms with Gasteiger partial charge in [-0.3, -0.25) is 4.90 Å². The molecule has 0 aromatic heterocycles. The molecular formula is C21H24N2O2. The van der Waals surface area contributed by atoms with E-state index in [0.29, 0.717) is 23.9 Å². The normalized spacial score (nSPS) is 48.8. The van der Waals surface area contributed by atoms with Crippen molar-refractivity contribution in [3.8, 4) is 0 Å². The molecule has 7 rings (SSSR count). The lowest BCUT2D eigenvalue weighted by Gasteiger charge is -2.60. The first-order chi connectivity index (χ1) is 12.3. The molecule has 4 fully saturated rings. The molecule has 1 aromatic rings. The van der Waals surface area contributed by atoms with Crippen LogP contribution in [0.5, 0.6) is 0 Å². The number of para-hydroxylation sites is 1. The van der Waals surface area contributed by atoms with Crippen LogP contribution in [-0.2, 0) is 10.2 Å². The minimum Gasteiger partial charge on any atom is -0.374 e. The predicted octanol–water partition coefficient (Wildman–Crippen LogP) is 1.88. The minimum absolute atomic E-state index is 0.191. The number of rotatable bonds is 0. The minimum atomic E-state index is -0.416. The van der Waals surface area contributed by atoms with Crippen LogP contribution in [-0.4, -0.2) is 54.1 Å². The molecular weight excluding hydrogens is 312 g/mol. The Kier molecular flexibility index (Phi) is 2.37. The fourth-order valence-electron chi connectivity index (χ4n) is 7.69. The number of hydrogen-bond acceptors (Lipinski definition) is 4. The second-order valence-electron chi connectivity index (χ2n) is 8.93. The van der Waals surface area contributed by atoms with E-state index < -0.39 is 6.23 Å². The molecule has 4 heteroatoms. The summed E-state index contributed by atoms with van der Waals surface area (Å²) < 4.78 is 6.31. The summed E-state index contributed by atoms with van der Waals surface area (Å²) in [5.74, 6) is 1.18. The number of benzene rings is 1. The molecule has 0 radical (unpaired) electrons. The molecule has 5 aliphatic heterocycles. The van der Waals surface area contributed by atoms with Crippen molar-refractivity contribution in [2.24, 2.45) is 11.8 Å². The van der Waals surface area contributed by atoms with E-state index in [9.17, 15) is 5.11 Å². The van der Waals surface area contributed by atoms with Crippen LogP contribution in [0.25, 0.3) is 0 Å². The number of piperidine rings is 2. The Hall–Kier alpha value is -1.36. The van der Waals surface area contributed by atoms with Crippen molar-refractivity contribution in [2.45, 2.75) is 49.1 Å². The van der Waals surface area contributed by atoms with E-state index in [1.54, 1.807) is 5.57 Å². The number of aliphatic hydroxyl groups excluding tert-OH is 1. The van der Waals surface area contributed by atoms with E-state index >= 15 is 0 Å². The molecule has 130 valence electrons. The van der Waals surface area contributed by atoms with Gasteiger partial charge in [0.1, 0.15) is 6.23 Å². The molecule has 3 saturated heterocycles. The van der Waals surface area contributed by atoms with Crippen LogP contribution in [0.3, 0.4) is 0 Å². The lowest BCUT2D eigenvalue weighted by molar-refractivity contribution is -0.0910. The highest BCUT2D eigenvalue weighted by Gasteiger charge is 2.70. The van der Waals surface area contributed by atoms with Gasteiger partial charge in [-0.25, -0.2) is 0 Å². The van der Waals surface area contributed by atoms with Crippen molar-refractivity contribution in [3.63, 3.8) is 0 Å². The monoisotopic (exact) mass is 336 g/mol. The number of nitrogens with zero attached hydrogens (tertiary/aromatic N) is 2. The van der Waals surface area contributed by atoms with Gasteiger partial charge < -0.3 is 14.7 Å². The molecule has 4 nitrogen and oxygen atoms in total. The third kappa shape index (κ3) is 1.38. The number of aliphatic hydroxyl groups is 1. The molecule has 0 amide bonds. The lowest BCUT2D eigenvalue weighted by atomic mass is 9.53. The van der Waals surface area contributed by atoms with Crippen molar-refractivity contribution >= 4 is 5.69 Å². The Labute approximate surface area is 148 Å². The third-order valence-electron chi connectivity index (χ3n) is 8.38. The van der Waals surface area contributed by atoms with Gasteiger partial charge in [-0.05, 0) is 36.9 Å². The van der Waals surface area contributed by atoms with Crippen molar-refractivity contribution in [3.05, 3.63) is 41.5 Å². The van der Waals surface area contributed by atoms with E-state index in [1.165, 1.54) is 30.6 Å². The van der Waals surface area contributed by atoms with E-state index in [1.807, 2.05) is 0 Å². The third-order valence-corrected chi connectivity index (χ3v) is 8.38. The molecule has 2 bridgehead atoms. The number of ether oxygens (including phenoxy) is 1. The molecule has 1 N–H and O–H groups in total. The first-order valence-corrected chi connectivity index (χ1v) is 9.89. The highest BCUT2D eigenvalue weighted by molar-refractivity contribution is 5.68. The van der Waals surface area contributed by atoms with Gasteiger partial charge in [-0.1, -0.05) is 29.8 Å². The van der Waals surface area contributed by atoms with E-state index in [4.69, 9.17) is 4.74 Å². The maximum absolute atomic E-state index is 11.1. The topological polar surface area (TPSA) is 35.9 Å². The van der Waals surface area contributed by atoms with Crippen molar-refractivity contribution in [1.29, 1.82) is 0 Å². The Balaban J connectivity index is 1.54. The van der Waals surface area contributed by atoms with Gasteiger partial charge in [-0.2, -0.15) is 0 Å². The fraction of sp³-hybridized carbons (Fsp3) is 0.619. The van der Waals surface area contributed by atoms with Gasteiger partial charge in [0, 0.05) is 42.1 Å². The van der Waals surface area contributed by atoms with Gasteiger partial charge >= 0.3 is 0 Å². The van der Waals surface area contributed by atoms with Crippen LogP contribution < -0.4 is 4.90 Å². The molecule has 25 heavy (non-hydrogen) atoms. The number of anilines is 1. The predicted molar refractivity (Wildman–Crippen MR) is 94.4 cm³/mol. The summed E-state index contributed by atoms with van der Waals surface area (Å²) in [6.07, 6.45) is 5.41. The molecule has 7 atom stereocenters. The van der Waals surface area contributed by atoms with E-state index in [2.05, 4.69) is 40.1 Å². The average molecular weight is 336 g/mol. The highest BCUT2D eigenvalue weighted by atomic mass is 16.5. The largest absolute Gasteiger partial charge is 0.374 e. The van der Waals surface area contributed by atoms with Crippen LogP contribution >= 0.6 is 0 Å². The van der Waals surface area contributed by atoms with Gasteiger partial charge in [-0.15, -0.1) is 0 Å². The maximum atomic E-state index is 11.1. The smallest absolute Gasteiger partial charge is 0.129 e. The van der Waals surface area contributed by atoms with Crippen molar-refractivity contribution in [1.82, 2.24) is 4.90 Å². The van der Waals surface area contributed by atoms with Crippen molar-refractivity contribution in [2.75, 3.05) is 24.6 Å². The van der Waals surface area contributed by atoms with E-state index in [-0.39, 0.29) is 11.5 Å². The Morgan fingerprint density at radius 3 is 3.08 bits per heavy atom. The summed E-state index contributed by atoms with van der Waals surface area (Å²) in [6.45, 7) is 3.06. The molecule has 1 spiro atoms. The summed E-state index contributed by atoms with van der Waals surface area (Å²) in [5.41, 5.74) is 4.60. The van der Waals surface area contributed by atoms with Crippen molar-refractivity contribution < 1.29 is 9.84 Å². The molecule has 1 unspecified atom stereocenters. The number of hydrogen-bond donors (Lipinski definition) is 1. The molecule has 1 saturated carbocycles. The van der Waals surface area contributed by atoms with E-state index in [0.717, 1.165) is 19.6 Å². The molecule has 6 aliphatic rings. The quantitative estimate of drug-likeness (QED) is 0.734. The summed E-state index contributed by atoms with van der Waals surface area (Å²) in [4.78, 5) is 5.14. The molecule has 1 aromatic carbocycles. The summed E-state index contributed by atoms with van der Waals surface area (Å²) in [7, 11) is 0. The first-order valence-electron chi connectivity index (χ1n) is 9.89. The van der Waals surface area contributed by atoms with Gasteiger partial charge in [0.25, 0.3) is 0 Å². The zero-order valence-corrected chi connectivity index (χ0v) is 14.3. The Bertz CT molecular complexity index is 807. The van der Waals surface area contributed by atoms with Crippen LogP contribution in [0.2, 0.25) is 0 Å². The zero-order chi connectivity index (χ0) is 16.3. The van der Waals surface area contributed by atoms with Gasteiger partial charge in [0.2, 0.25) is 0 Å². The highest BCUT2D eigenvalue weighted by Crippen LogP contribution is 2.66. The number of fused-ring (bicyclic) bond motifs is 2. The van der Waals surface area contributed by atoms with Gasteiger partial charge in [0.15, 0.2) is 0 Å². The Morgan fingerprint density at radius 1 is 1.20 bits per heavy atom. The average Bonchev–Trinajstić information content (AvgIpc) is 3.10. The first kappa shape index (κ1) is 13.8. The Morgan fingerprint density at radius 2 is 2.12 bits per heavy atom. The lowest BCUT2D eigenvalue weighted by Crippen LogP contribution is -2.70. The van der Waals surface area contributed by atoms with Crippen LogP contribution in [0.15, 0.2) is 35.9 Å².